The Morgan fingerprint density at radius 1 is 0.188 bits per heavy atom. The summed E-state index contributed by atoms with van der Waals surface area (Å²) < 4.78 is 0. The van der Waals surface area contributed by atoms with E-state index in [4.69, 9.17) is 0 Å². The highest BCUT2D eigenvalue weighted by atomic mass is 14.2. The molecule has 0 saturated carbocycles. The number of benzene rings is 10. The van der Waals surface area contributed by atoms with Crippen molar-refractivity contribution in [2.45, 2.75) is 0 Å². The van der Waals surface area contributed by atoms with Gasteiger partial charge in [0.05, 0.1) is 0 Å². The highest BCUT2D eigenvalue weighted by molar-refractivity contribution is 6.18. The summed E-state index contributed by atoms with van der Waals surface area (Å²) in [5.74, 6) is 0. The van der Waals surface area contributed by atoms with Crippen molar-refractivity contribution < 1.29 is 0 Å². The lowest BCUT2D eigenvalue weighted by atomic mass is 9.90. The second-order valence-electron chi connectivity index (χ2n) is 12.9. The van der Waals surface area contributed by atoms with E-state index < -0.39 is 0 Å². The van der Waals surface area contributed by atoms with Crippen LogP contribution in [0.1, 0.15) is 0 Å². The van der Waals surface area contributed by atoms with Gasteiger partial charge in [0.2, 0.25) is 0 Å². The van der Waals surface area contributed by atoms with Crippen LogP contribution in [-0.4, -0.2) is 0 Å². The molecule has 48 heavy (non-hydrogen) atoms. The summed E-state index contributed by atoms with van der Waals surface area (Å²) in [6.45, 7) is 0. The monoisotopic (exact) mass is 606 g/mol. The second kappa shape index (κ2) is 10.7. The van der Waals surface area contributed by atoms with E-state index in [0.29, 0.717) is 0 Å². The molecule has 0 unspecified atom stereocenters. The number of hydrogen-bond donors (Lipinski definition) is 0. The third-order valence-electron chi connectivity index (χ3n) is 10.2. The van der Waals surface area contributed by atoms with Gasteiger partial charge in [-0.15, -0.1) is 0 Å². The highest BCUT2D eigenvalue weighted by Crippen LogP contribution is 2.39. The van der Waals surface area contributed by atoms with E-state index in [1.807, 2.05) is 0 Å². The summed E-state index contributed by atoms with van der Waals surface area (Å²) >= 11 is 0. The van der Waals surface area contributed by atoms with Crippen molar-refractivity contribution in [1.82, 2.24) is 0 Å². The Bertz CT molecular complexity index is 2890. The minimum Gasteiger partial charge on any atom is -0.0616 e. The van der Waals surface area contributed by atoms with Crippen molar-refractivity contribution in [3.05, 3.63) is 182 Å². The van der Waals surface area contributed by atoms with Crippen LogP contribution in [0.2, 0.25) is 0 Å². The Balaban J connectivity index is 1.11. The van der Waals surface area contributed by atoms with Crippen LogP contribution in [0, 0.1) is 0 Å². The largest absolute Gasteiger partial charge is 0.0616 e. The van der Waals surface area contributed by atoms with Gasteiger partial charge in [-0.25, -0.2) is 0 Å². The summed E-state index contributed by atoms with van der Waals surface area (Å²) in [5, 5.41) is 15.3. The van der Waals surface area contributed by atoms with Crippen LogP contribution in [-0.2, 0) is 0 Å². The van der Waals surface area contributed by atoms with Crippen LogP contribution < -0.4 is 0 Å². The molecule has 0 aliphatic heterocycles. The lowest BCUT2D eigenvalue weighted by molar-refractivity contribution is 1.63. The van der Waals surface area contributed by atoms with Gasteiger partial charge in [-0.3, -0.25) is 0 Å². The molecule has 0 radical (unpaired) electrons. The van der Waals surface area contributed by atoms with E-state index in [9.17, 15) is 0 Å². The van der Waals surface area contributed by atoms with Gasteiger partial charge in [-0.05, 0) is 128 Å². The number of hydrogen-bond acceptors (Lipinski definition) is 0. The molecule has 0 atom stereocenters. The minimum atomic E-state index is 1.23. The van der Waals surface area contributed by atoms with Gasteiger partial charge >= 0.3 is 0 Å². The molecule has 0 heteroatoms. The molecule has 0 N–H and O–H groups in total. The molecule has 0 heterocycles. The predicted molar refractivity (Wildman–Crippen MR) is 208 cm³/mol. The van der Waals surface area contributed by atoms with Crippen LogP contribution in [0.3, 0.4) is 0 Å². The van der Waals surface area contributed by atoms with Gasteiger partial charge in [0.15, 0.2) is 0 Å². The lowest BCUT2D eigenvalue weighted by Gasteiger charge is -2.13. The summed E-state index contributed by atoms with van der Waals surface area (Å²) in [5.41, 5.74) is 7.45. The third-order valence-corrected chi connectivity index (χ3v) is 10.2. The van der Waals surface area contributed by atoms with E-state index in [1.54, 1.807) is 0 Å². The summed E-state index contributed by atoms with van der Waals surface area (Å²) in [6, 6.07) is 67.2. The molecule has 10 aromatic rings. The molecule has 10 aromatic carbocycles. The van der Waals surface area contributed by atoms with Crippen molar-refractivity contribution in [3.8, 4) is 33.4 Å². The molecule has 0 amide bonds. The Kier molecular flexibility index (Phi) is 5.98. The van der Waals surface area contributed by atoms with Gasteiger partial charge in [0.25, 0.3) is 0 Å². The van der Waals surface area contributed by atoms with E-state index in [0.717, 1.165) is 0 Å². The molecule has 222 valence electrons. The van der Waals surface area contributed by atoms with Gasteiger partial charge < -0.3 is 0 Å². The molecule has 10 rings (SSSR count). The average molecular weight is 607 g/mol. The Labute approximate surface area is 279 Å². The Morgan fingerprint density at radius 3 is 1.38 bits per heavy atom. The van der Waals surface area contributed by atoms with Crippen molar-refractivity contribution in [3.63, 3.8) is 0 Å². The Hall–Kier alpha value is -6.24. The zero-order chi connectivity index (χ0) is 31.6. The summed E-state index contributed by atoms with van der Waals surface area (Å²) in [6.07, 6.45) is 0. The molecule has 0 bridgehead atoms. The first-order valence-corrected chi connectivity index (χ1v) is 16.7. The number of rotatable bonds is 3. The molecule has 0 fully saturated rings. The summed E-state index contributed by atoms with van der Waals surface area (Å²) in [4.78, 5) is 0. The zero-order valence-electron chi connectivity index (χ0n) is 26.3. The number of fused-ring (bicyclic) bond motifs is 9. The average Bonchev–Trinajstić information content (AvgIpc) is 3.16. The molecule has 0 nitrogen and oxygen atoms in total. The van der Waals surface area contributed by atoms with Crippen molar-refractivity contribution >= 4 is 64.6 Å². The van der Waals surface area contributed by atoms with Crippen molar-refractivity contribution in [2.75, 3.05) is 0 Å². The second-order valence-corrected chi connectivity index (χ2v) is 12.9. The standard InChI is InChI=1S/C48H30/c1-2-9-34-26-36(19-16-31(34)8-1)38-21-18-33-23-24-44-45(47(33)29-38)25-22-32-17-20-37(28-46(32)44)35-11-7-12-39(27-35)48-30-40-10-3-4-13-41(40)42-14-5-6-15-43(42)48/h1-30H. The fourth-order valence-corrected chi connectivity index (χ4v) is 7.75. The van der Waals surface area contributed by atoms with Crippen molar-refractivity contribution in [1.29, 1.82) is 0 Å². The maximum absolute atomic E-state index is 2.38. The Morgan fingerprint density at radius 2 is 0.667 bits per heavy atom. The fourth-order valence-electron chi connectivity index (χ4n) is 7.75. The predicted octanol–water partition coefficient (Wildman–Crippen LogP) is 13.6. The van der Waals surface area contributed by atoms with E-state index in [-0.39, 0.29) is 0 Å². The van der Waals surface area contributed by atoms with Crippen molar-refractivity contribution in [2.24, 2.45) is 0 Å². The van der Waals surface area contributed by atoms with Gasteiger partial charge in [0, 0.05) is 0 Å². The molecule has 0 spiro atoms. The first-order chi connectivity index (χ1) is 23.8. The smallest absolute Gasteiger partial charge is 0.00987 e. The van der Waals surface area contributed by atoms with Crippen LogP contribution in [0.4, 0.5) is 0 Å². The van der Waals surface area contributed by atoms with Crippen LogP contribution >= 0.6 is 0 Å². The van der Waals surface area contributed by atoms with Gasteiger partial charge in [0.1, 0.15) is 0 Å². The van der Waals surface area contributed by atoms with E-state index in [1.165, 1.54) is 98.0 Å². The highest BCUT2D eigenvalue weighted by Gasteiger charge is 2.12. The quantitative estimate of drug-likeness (QED) is 0.176. The molecule has 0 aliphatic carbocycles. The lowest BCUT2D eigenvalue weighted by Crippen LogP contribution is -1.87. The van der Waals surface area contributed by atoms with Crippen LogP contribution in [0.15, 0.2) is 182 Å². The fraction of sp³-hybridized carbons (Fsp3) is 0. The topological polar surface area (TPSA) is 0 Å². The van der Waals surface area contributed by atoms with E-state index in [2.05, 4.69) is 182 Å². The maximum atomic E-state index is 2.38. The maximum Gasteiger partial charge on any atom is -0.00987 e. The third kappa shape index (κ3) is 4.31. The molecule has 0 saturated heterocycles. The first kappa shape index (κ1) is 26.9. The zero-order valence-corrected chi connectivity index (χ0v) is 26.3. The normalized spacial score (nSPS) is 11.8. The minimum absolute atomic E-state index is 1.23. The SMILES string of the molecule is c1cc(-c2ccc3ccc4c5cc(-c6ccc7ccccc7c6)ccc5ccc4c3c2)cc(-c2cc3ccccc3c3ccccc23)c1. The van der Waals surface area contributed by atoms with Crippen LogP contribution in [0.25, 0.3) is 98.0 Å². The van der Waals surface area contributed by atoms with Crippen LogP contribution in [0.5, 0.6) is 0 Å². The van der Waals surface area contributed by atoms with E-state index >= 15 is 0 Å². The molecular formula is C48H30. The molecule has 0 aliphatic rings. The van der Waals surface area contributed by atoms with Gasteiger partial charge in [-0.1, -0.05) is 152 Å². The molecular weight excluding hydrogens is 577 g/mol. The summed E-state index contributed by atoms with van der Waals surface area (Å²) in [7, 11) is 0. The molecule has 0 aromatic heterocycles. The first-order valence-electron chi connectivity index (χ1n) is 16.7. The van der Waals surface area contributed by atoms with Gasteiger partial charge in [-0.2, -0.15) is 0 Å².